The standard InChI is InChI=1S/C17H21FN2O2/c1-2-22-17(21)12-6-8-20(9-7-12)11-13-10-19-15-5-3-4-14(18)16(13)15/h3-5,10,12,19H,2,6-9,11H2,1H3. The smallest absolute Gasteiger partial charge is 0.309 e. The van der Waals surface area contributed by atoms with Crippen LogP contribution in [0.25, 0.3) is 10.9 Å². The minimum Gasteiger partial charge on any atom is -0.466 e. The molecule has 0 bridgehead atoms. The summed E-state index contributed by atoms with van der Waals surface area (Å²) >= 11 is 0. The van der Waals surface area contributed by atoms with Gasteiger partial charge in [-0.05, 0) is 50.6 Å². The topological polar surface area (TPSA) is 45.3 Å². The Labute approximate surface area is 129 Å². The Kier molecular flexibility index (Phi) is 4.43. The summed E-state index contributed by atoms with van der Waals surface area (Å²) in [7, 11) is 0. The Morgan fingerprint density at radius 3 is 2.91 bits per heavy atom. The maximum Gasteiger partial charge on any atom is 0.309 e. The van der Waals surface area contributed by atoms with Gasteiger partial charge >= 0.3 is 5.97 Å². The van der Waals surface area contributed by atoms with Gasteiger partial charge in [0.2, 0.25) is 0 Å². The lowest BCUT2D eigenvalue weighted by molar-refractivity contribution is -0.149. The summed E-state index contributed by atoms with van der Waals surface area (Å²) in [6.07, 6.45) is 3.50. The fourth-order valence-electron chi connectivity index (χ4n) is 3.16. The molecule has 22 heavy (non-hydrogen) atoms. The number of nitrogens with one attached hydrogen (secondary N) is 1. The van der Waals surface area contributed by atoms with Gasteiger partial charge in [-0.3, -0.25) is 9.69 Å². The van der Waals surface area contributed by atoms with Crippen LogP contribution in [0.3, 0.4) is 0 Å². The van der Waals surface area contributed by atoms with Crippen LogP contribution in [0.4, 0.5) is 4.39 Å². The number of halogens is 1. The van der Waals surface area contributed by atoms with Crippen molar-refractivity contribution in [3.8, 4) is 0 Å². The maximum absolute atomic E-state index is 14.0. The van der Waals surface area contributed by atoms with Crippen molar-refractivity contribution >= 4 is 16.9 Å². The van der Waals surface area contributed by atoms with Gasteiger partial charge in [0.1, 0.15) is 5.82 Å². The highest BCUT2D eigenvalue weighted by molar-refractivity contribution is 5.83. The zero-order valence-electron chi connectivity index (χ0n) is 12.8. The van der Waals surface area contributed by atoms with Crippen molar-refractivity contribution in [3.05, 3.63) is 35.8 Å². The van der Waals surface area contributed by atoms with Gasteiger partial charge in [0.15, 0.2) is 0 Å². The monoisotopic (exact) mass is 304 g/mol. The van der Waals surface area contributed by atoms with Crippen LogP contribution in [0.15, 0.2) is 24.4 Å². The number of carbonyl (C=O) groups is 1. The molecule has 2 heterocycles. The van der Waals surface area contributed by atoms with E-state index in [2.05, 4.69) is 9.88 Å². The summed E-state index contributed by atoms with van der Waals surface area (Å²) in [5.41, 5.74) is 1.80. The van der Waals surface area contributed by atoms with E-state index in [9.17, 15) is 9.18 Å². The van der Waals surface area contributed by atoms with E-state index in [-0.39, 0.29) is 17.7 Å². The molecule has 1 aliphatic heterocycles. The summed E-state index contributed by atoms with van der Waals surface area (Å²) in [6, 6.07) is 5.09. The predicted octanol–water partition coefficient (Wildman–Crippen LogP) is 3.08. The third-order valence-electron chi connectivity index (χ3n) is 4.34. The number of ether oxygens (including phenoxy) is 1. The first kappa shape index (κ1) is 15.0. The molecule has 1 N–H and O–H groups in total. The summed E-state index contributed by atoms with van der Waals surface area (Å²) in [5, 5.41) is 0.676. The van der Waals surface area contributed by atoms with E-state index in [1.165, 1.54) is 6.07 Å². The number of piperidine rings is 1. The molecule has 0 spiro atoms. The zero-order valence-corrected chi connectivity index (χ0v) is 12.8. The molecule has 1 fully saturated rings. The van der Waals surface area contributed by atoms with Crippen LogP contribution in [0.1, 0.15) is 25.3 Å². The fraction of sp³-hybridized carbons (Fsp3) is 0.471. The Bertz CT molecular complexity index is 660. The molecule has 2 aromatic rings. The lowest BCUT2D eigenvalue weighted by atomic mass is 9.96. The minimum absolute atomic E-state index is 0.0101. The number of hydrogen-bond donors (Lipinski definition) is 1. The van der Waals surface area contributed by atoms with Gasteiger partial charge in [-0.25, -0.2) is 4.39 Å². The second-order valence-electron chi connectivity index (χ2n) is 5.78. The first-order valence-corrected chi connectivity index (χ1v) is 7.82. The highest BCUT2D eigenvalue weighted by atomic mass is 19.1. The highest BCUT2D eigenvalue weighted by Gasteiger charge is 2.26. The molecule has 0 aliphatic carbocycles. The van der Waals surface area contributed by atoms with Crippen molar-refractivity contribution in [1.29, 1.82) is 0 Å². The molecule has 0 radical (unpaired) electrons. The summed E-state index contributed by atoms with van der Waals surface area (Å²) in [5.74, 6) is -0.258. The second-order valence-corrected chi connectivity index (χ2v) is 5.78. The van der Waals surface area contributed by atoms with E-state index in [1.54, 1.807) is 6.07 Å². The minimum atomic E-state index is -0.185. The lowest BCUT2D eigenvalue weighted by Gasteiger charge is -2.30. The molecular formula is C17H21FN2O2. The predicted molar refractivity (Wildman–Crippen MR) is 82.9 cm³/mol. The molecule has 0 amide bonds. The number of fused-ring (bicyclic) bond motifs is 1. The van der Waals surface area contributed by atoms with Crippen molar-refractivity contribution in [2.24, 2.45) is 5.92 Å². The molecule has 0 saturated carbocycles. The van der Waals surface area contributed by atoms with E-state index in [1.807, 2.05) is 19.2 Å². The van der Waals surface area contributed by atoms with Crippen LogP contribution in [0.5, 0.6) is 0 Å². The van der Waals surface area contributed by atoms with Crippen molar-refractivity contribution < 1.29 is 13.9 Å². The quantitative estimate of drug-likeness (QED) is 0.883. The molecule has 118 valence electrons. The third-order valence-corrected chi connectivity index (χ3v) is 4.34. The van der Waals surface area contributed by atoms with Crippen molar-refractivity contribution in [1.82, 2.24) is 9.88 Å². The highest BCUT2D eigenvalue weighted by Crippen LogP contribution is 2.25. The van der Waals surface area contributed by atoms with Crippen LogP contribution < -0.4 is 0 Å². The van der Waals surface area contributed by atoms with Crippen molar-refractivity contribution in [3.63, 3.8) is 0 Å². The number of rotatable bonds is 4. The normalized spacial score (nSPS) is 17.0. The number of aromatic nitrogens is 1. The number of benzene rings is 1. The van der Waals surface area contributed by atoms with Gasteiger partial charge in [-0.15, -0.1) is 0 Å². The molecule has 1 aromatic heterocycles. The van der Waals surface area contributed by atoms with Crippen LogP contribution in [-0.4, -0.2) is 35.5 Å². The first-order valence-electron chi connectivity index (χ1n) is 7.82. The van der Waals surface area contributed by atoms with Gasteiger partial charge in [-0.2, -0.15) is 0 Å². The average molecular weight is 304 g/mol. The molecular weight excluding hydrogens is 283 g/mol. The fourth-order valence-corrected chi connectivity index (χ4v) is 3.16. The molecule has 1 saturated heterocycles. The summed E-state index contributed by atoms with van der Waals surface area (Å²) < 4.78 is 19.1. The number of nitrogens with zero attached hydrogens (tertiary/aromatic N) is 1. The van der Waals surface area contributed by atoms with Gasteiger partial charge in [-0.1, -0.05) is 6.07 Å². The lowest BCUT2D eigenvalue weighted by Crippen LogP contribution is -2.36. The first-order chi connectivity index (χ1) is 10.7. The second kappa shape index (κ2) is 6.48. The van der Waals surface area contributed by atoms with Crippen LogP contribution in [0, 0.1) is 11.7 Å². The van der Waals surface area contributed by atoms with E-state index in [0.29, 0.717) is 18.5 Å². The van der Waals surface area contributed by atoms with Crippen LogP contribution in [0.2, 0.25) is 0 Å². The molecule has 5 heteroatoms. The third kappa shape index (κ3) is 2.99. The number of likely N-dealkylation sites (tertiary alicyclic amines) is 1. The summed E-state index contributed by atoms with van der Waals surface area (Å²) in [4.78, 5) is 17.1. The zero-order chi connectivity index (χ0) is 15.5. The summed E-state index contributed by atoms with van der Waals surface area (Å²) in [6.45, 7) is 4.65. The van der Waals surface area contributed by atoms with E-state index in [4.69, 9.17) is 4.74 Å². The van der Waals surface area contributed by atoms with Crippen LogP contribution in [-0.2, 0) is 16.1 Å². The molecule has 1 aliphatic rings. The van der Waals surface area contributed by atoms with Gasteiger partial charge in [0, 0.05) is 23.6 Å². The van der Waals surface area contributed by atoms with E-state index >= 15 is 0 Å². The van der Waals surface area contributed by atoms with Gasteiger partial charge in [0.05, 0.1) is 12.5 Å². The SMILES string of the molecule is CCOC(=O)C1CCN(Cc2c[nH]c3cccc(F)c23)CC1. The Hall–Kier alpha value is -1.88. The van der Waals surface area contributed by atoms with Gasteiger partial charge < -0.3 is 9.72 Å². The number of esters is 1. The molecule has 0 atom stereocenters. The van der Waals surface area contributed by atoms with Crippen molar-refractivity contribution in [2.75, 3.05) is 19.7 Å². The number of carbonyl (C=O) groups excluding carboxylic acids is 1. The average Bonchev–Trinajstić information content (AvgIpc) is 2.93. The Balaban J connectivity index is 1.64. The number of hydrogen-bond acceptors (Lipinski definition) is 3. The largest absolute Gasteiger partial charge is 0.466 e. The Morgan fingerprint density at radius 1 is 1.41 bits per heavy atom. The molecule has 3 rings (SSSR count). The maximum atomic E-state index is 14.0. The Morgan fingerprint density at radius 2 is 2.18 bits per heavy atom. The number of H-pyrrole nitrogens is 1. The molecule has 0 unspecified atom stereocenters. The van der Waals surface area contributed by atoms with E-state index < -0.39 is 0 Å². The van der Waals surface area contributed by atoms with Gasteiger partial charge in [0.25, 0.3) is 0 Å². The van der Waals surface area contributed by atoms with E-state index in [0.717, 1.165) is 37.0 Å². The molecule has 1 aromatic carbocycles. The van der Waals surface area contributed by atoms with Crippen molar-refractivity contribution in [2.45, 2.75) is 26.3 Å². The van der Waals surface area contributed by atoms with Crippen LogP contribution >= 0.6 is 0 Å². The number of aromatic amines is 1. The molecule has 4 nitrogen and oxygen atoms in total.